The second kappa shape index (κ2) is 8.53. The standard InChI is InChI=1S/C20H19FN4O5S/c21-14-1-6-18-17(11-14)20(27)24(13-22-18)12-19(26)23-15-2-4-16(5-3-15)31(28,29)25-7-9-30-10-8-25/h1-6,11,13H,7-10,12H2,(H,23,26). The van der Waals surface area contributed by atoms with E-state index in [1.54, 1.807) is 0 Å². The van der Waals surface area contributed by atoms with E-state index in [-0.39, 0.29) is 16.8 Å². The summed E-state index contributed by atoms with van der Waals surface area (Å²) in [7, 11) is -3.63. The summed E-state index contributed by atoms with van der Waals surface area (Å²) in [5.74, 6) is -1.08. The third-order valence-corrected chi connectivity index (χ3v) is 6.76. The zero-order valence-corrected chi connectivity index (χ0v) is 17.1. The van der Waals surface area contributed by atoms with Crippen LogP contribution in [0.2, 0.25) is 0 Å². The van der Waals surface area contributed by atoms with Crippen LogP contribution in [-0.4, -0.2) is 54.5 Å². The molecule has 0 aliphatic carbocycles. The number of benzene rings is 2. The van der Waals surface area contributed by atoms with E-state index in [1.165, 1.54) is 47.0 Å². The van der Waals surface area contributed by atoms with Crippen molar-refractivity contribution in [3.63, 3.8) is 0 Å². The molecule has 0 radical (unpaired) electrons. The number of nitrogens with one attached hydrogen (secondary N) is 1. The van der Waals surface area contributed by atoms with Crippen molar-refractivity contribution >= 4 is 32.5 Å². The highest BCUT2D eigenvalue weighted by Gasteiger charge is 2.26. The van der Waals surface area contributed by atoms with Gasteiger partial charge in [-0.25, -0.2) is 17.8 Å². The van der Waals surface area contributed by atoms with Crippen LogP contribution < -0.4 is 10.9 Å². The van der Waals surface area contributed by atoms with Crippen LogP contribution in [0.15, 0.2) is 58.5 Å². The molecule has 0 bridgehead atoms. The molecular weight excluding hydrogens is 427 g/mol. The van der Waals surface area contributed by atoms with Gasteiger partial charge in [-0.1, -0.05) is 0 Å². The molecule has 2 aromatic carbocycles. The highest BCUT2D eigenvalue weighted by atomic mass is 32.2. The van der Waals surface area contributed by atoms with Crippen molar-refractivity contribution in [3.8, 4) is 0 Å². The Labute approximate surface area is 177 Å². The number of nitrogens with zero attached hydrogens (tertiary/aromatic N) is 3. The van der Waals surface area contributed by atoms with Gasteiger partial charge in [0, 0.05) is 18.8 Å². The lowest BCUT2D eigenvalue weighted by Crippen LogP contribution is -2.40. The molecule has 0 saturated carbocycles. The highest BCUT2D eigenvalue weighted by molar-refractivity contribution is 7.89. The molecule has 1 aliphatic rings. The molecule has 1 aliphatic heterocycles. The van der Waals surface area contributed by atoms with Gasteiger partial charge in [0.15, 0.2) is 0 Å². The summed E-state index contributed by atoms with van der Waals surface area (Å²) in [6.45, 7) is 0.955. The third-order valence-electron chi connectivity index (χ3n) is 4.85. The molecule has 1 saturated heterocycles. The maximum atomic E-state index is 13.4. The number of ether oxygens (including phenoxy) is 1. The Hall–Kier alpha value is -3.15. The van der Waals surface area contributed by atoms with Crippen LogP contribution in [0.25, 0.3) is 10.9 Å². The van der Waals surface area contributed by atoms with E-state index < -0.39 is 27.3 Å². The Kier molecular flexibility index (Phi) is 5.81. The fraction of sp³-hybridized carbons (Fsp3) is 0.250. The van der Waals surface area contributed by atoms with Crippen LogP contribution in [-0.2, 0) is 26.1 Å². The van der Waals surface area contributed by atoms with Crippen molar-refractivity contribution < 1.29 is 22.3 Å². The number of carbonyl (C=O) groups excluding carboxylic acids is 1. The number of halogens is 1. The number of morpholine rings is 1. The predicted molar refractivity (Wildman–Crippen MR) is 111 cm³/mol. The van der Waals surface area contributed by atoms with Gasteiger partial charge in [-0.05, 0) is 42.5 Å². The Balaban J connectivity index is 1.46. The van der Waals surface area contributed by atoms with E-state index in [1.807, 2.05) is 0 Å². The average molecular weight is 446 g/mol. The quantitative estimate of drug-likeness (QED) is 0.631. The first-order chi connectivity index (χ1) is 14.8. The molecule has 4 rings (SSSR count). The van der Waals surface area contributed by atoms with Crippen LogP contribution in [0, 0.1) is 5.82 Å². The molecule has 1 fully saturated rings. The van der Waals surface area contributed by atoms with Crippen LogP contribution >= 0.6 is 0 Å². The number of rotatable bonds is 5. The largest absolute Gasteiger partial charge is 0.379 e. The van der Waals surface area contributed by atoms with Crippen LogP contribution in [0.3, 0.4) is 0 Å². The lowest BCUT2D eigenvalue weighted by atomic mass is 10.2. The Morgan fingerprint density at radius 1 is 1.13 bits per heavy atom. The monoisotopic (exact) mass is 446 g/mol. The lowest BCUT2D eigenvalue weighted by molar-refractivity contribution is -0.116. The van der Waals surface area contributed by atoms with E-state index in [9.17, 15) is 22.4 Å². The molecule has 9 nitrogen and oxygen atoms in total. The van der Waals surface area contributed by atoms with Crippen molar-refractivity contribution in [3.05, 3.63) is 65.0 Å². The summed E-state index contributed by atoms with van der Waals surface area (Å²) in [6, 6.07) is 9.44. The minimum atomic E-state index is -3.63. The van der Waals surface area contributed by atoms with E-state index in [0.29, 0.717) is 37.5 Å². The lowest BCUT2D eigenvalue weighted by Gasteiger charge is -2.26. The van der Waals surface area contributed by atoms with Crippen molar-refractivity contribution in [2.24, 2.45) is 0 Å². The van der Waals surface area contributed by atoms with Gasteiger partial charge in [0.1, 0.15) is 12.4 Å². The molecule has 0 unspecified atom stereocenters. The molecule has 0 spiro atoms. The molecule has 1 N–H and O–H groups in total. The number of anilines is 1. The minimum Gasteiger partial charge on any atom is -0.379 e. The van der Waals surface area contributed by atoms with Crippen molar-refractivity contribution in [2.45, 2.75) is 11.4 Å². The normalized spacial score (nSPS) is 15.1. The first-order valence-corrected chi connectivity index (χ1v) is 10.9. The predicted octanol–water partition coefficient (Wildman–Crippen LogP) is 1.20. The fourth-order valence-corrected chi connectivity index (χ4v) is 4.65. The number of hydrogen-bond acceptors (Lipinski definition) is 6. The number of aromatic nitrogens is 2. The number of hydrogen-bond donors (Lipinski definition) is 1. The Morgan fingerprint density at radius 2 is 1.84 bits per heavy atom. The van der Waals surface area contributed by atoms with Gasteiger partial charge >= 0.3 is 0 Å². The van der Waals surface area contributed by atoms with Gasteiger partial charge in [0.25, 0.3) is 5.56 Å². The molecule has 2 heterocycles. The van der Waals surface area contributed by atoms with Gasteiger partial charge < -0.3 is 10.1 Å². The first kappa shape index (κ1) is 21.1. The minimum absolute atomic E-state index is 0.0768. The Morgan fingerprint density at radius 3 is 2.55 bits per heavy atom. The first-order valence-electron chi connectivity index (χ1n) is 9.47. The van der Waals surface area contributed by atoms with E-state index in [0.717, 1.165) is 10.6 Å². The SMILES string of the molecule is O=C(Cn1cnc2ccc(F)cc2c1=O)Nc1ccc(S(=O)(=O)N2CCOCC2)cc1. The summed E-state index contributed by atoms with van der Waals surface area (Å²) < 4.78 is 46.3. The van der Waals surface area contributed by atoms with E-state index in [2.05, 4.69) is 10.3 Å². The maximum Gasteiger partial charge on any atom is 0.261 e. The summed E-state index contributed by atoms with van der Waals surface area (Å²) in [5, 5.41) is 2.68. The Bertz CT molecular complexity index is 1290. The van der Waals surface area contributed by atoms with E-state index in [4.69, 9.17) is 4.74 Å². The van der Waals surface area contributed by atoms with Gasteiger partial charge in [0.05, 0.1) is 35.3 Å². The van der Waals surface area contributed by atoms with Gasteiger partial charge in [0.2, 0.25) is 15.9 Å². The van der Waals surface area contributed by atoms with Gasteiger partial charge in [-0.15, -0.1) is 0 Å². The molecule has 1 amide bonds. The molecule has 3 aromatic rings. The number of carbonyl (C=O) groups is 1. The second-order valence-electron chi connectivity index (χ2n) is 6.93. The molecule has 0 atom stereocenters. The van der Waals surface area contributed by atoms with Crippen molar-refractivity contribution in [1.29, 1.82) is 0 Å². The fourth-order valence-electron chi connectivity index (χ4n) is 3.25. The molecule has 11 heteroatoms. The summed E-state index contributed by atoms with van der Waals surface area (Å²) >= 11 is 0. The van der Waals surface area contributed by atoms with Crippen LogP contribution in [0.5, 0.6) is 0 Å². The number of fused-ring (bicyclic) bond motifs is 1. The van der Waals surface area contributed by atoms with Crippen molar-refractivity contribution in [2.75, 3.05) is 31.6 Å². The third kappa shape index (κ3) is 4.48. The summed E-state index contributed by atoms with van der Waals surface area (Å²) in [5.41, 5.74) is 0.172. The smallest absolute Gasteiger partial charge is 0.261 e. The average Bonchev–Trinajstić information content (AvgIpc) is 2.77. The topological polar surface area (TPSA) is 111 Å². The molecule has 162 valence electrons. The highest BCUT2D eigenvalue weighted by Crippen LogP contribution is 2.19. The molecule has 1 aromatic heterocycles. The van der Waals surface area contributed by atoms with Crippen molar-refractivity contribution in [1.82, 2.24) is 13.9 Å². The number of amides is 1. The summed E-state index contributed by atoms with van der Waals surface area (Å²) in [6.07, 6.45) is 1.22. The molecule has 31 heavy (non-hydrogen) atoms. The maximum absolute atomic E-state index is 13.4. The molecular formula is C20H19FN4O5S. The van der Waals surface area contributed by atoms with E-state index >= 15 is 0 Å². The zero-order chi connectivity index (χ0) is 22.0. The zero-order valence-electron chi connectivity index (χ0n) is 16.3. The second-order valence-corrected chi connectivity index (χ2v) is 8.87. The summed E-state index contributed by atoms with van der Waals surface area (Å²) in [4.78, 5) is 29.0. The number of sulfonamides is 1. The van der Waals surface area contributed by atoms with Gasteiger partial charge in [-0.3, -0.25) is 14.2 Å². The van der Waals surface area contributed by atoms with Crippen LogP contribution in [0.4, 0.5) is 10.1 Å². The van der Waals surface area contributed by atoms with Gasteiger partial charge in [-0.2, -0.15) is 4.31 Å². The van der Waals surface area contributed by atoms with Crippen LogP contribution in [0.1, 0.15) is 0 Å².